The highest BCUT2D eigenvalue weighted by Gasteiger charge is 2.12. The highest BCUT2D eigenvalue weighted by atomic mass is 16.5. The Bertz CT molecular complexity index is 660. The fourth-order valence-electron chi connectivity index (χ4n) is 2.54. The van der Waals surface area contributed by atoms with Gasteiger partial charge >= 0.3 is 0 Å². The third-order valence-electron chi connectivity index (χ3n) is 4.03. The van der Waals surface area contributed by atoms with Crippen molar-refractivity contribution in [2.75, 3.05) is 32.1 Å². The van der Waals surface area contributed by atoms with Gasteiger partial charge in [-0.2, -0.15) is 0 Å². The maximum absolute atomic E-state index is 12.2. The van der Waals surface area contributed by atoms with Gasteiger partial charge in [0.05, 0.1) is 7.05 Å². The molecule has 0 bridgehead atoms. The number of hydrogen-bond donors (Lipinski definition) is 2. The van der Waals surface area contributed by atoms with Crippen LogP contribution < -0.4 is 15.0 Å². The fraction of sp³-hybridized carbons (Fsp3) is 0.350. The zero-order chi connectivity index (χ0) is 17.5. The van der Waals surface area contributed by atoms with Crippen molar-refractivity contribution in [3.05, 3.63) is 59.2 Å². The first-order valence-corrected chi connectivity index (χ1v) is 8.32. The lowest BCUT2D eigenvalue weighted by molar-refractivity contribution is -0.871. The summed E-state index contributed by atoms with van der Waals surface area (Å²) in [6.45, 7) is 7.85. The van der Waals surface area contributed by atoms with Gasteiger partial charge in [-0.25, -0.2) is 0 Å². The van der Waals surface area contributed by atoms with E-state index in [0.717, 1.165) is 34.0 Å². The Balaban J connectivity index is 1.76. The van der Waals surface area contributed by atoms with Gasteiger partial charge in [-0.1, -0.05) is 35.9 Å². The number of carbonyl (C=O) groups is 1. The molecule has 0 saturated heterocycles. The number of nitrogens with one attached hydrogen (secondary N) is 2. The van der Waals surface area contributed by atoms with Crippen molar-refractivity contribution in [2.24, 2.45) is 0 Å². The highest BCUT2D eigenvalue weighted by molar-refractivity contribution is 5.93. The largest absolute Gasteiger partial charge is 0.488 e. The van der Waals surface area contributed by atoms with Gasteiger partial charge < -0.3 is 15.0 Å². The van der Waals surface area contributed by atoms with Crippen LogP contribution in [-0.4, -0.2) is 32.7 Å². The Labute approximate surface area is 144 Å². The zero-order valence-electron chi connectivity index (χ0n) is 15.0. The molecule has 0 fully saturated rings. The molecule has 1 atom stereocenters. The molecule has 2 N–H and O–H groups in total. The summed E-state index contributed by atoms with van der Waals surface area (Å²) in [4.78, 5) is 13.3. The smallest absolute Gasteiger partial charge is 0.279 e. The molecular formula is C20H27N2O2+. The molecule has 0 aliphatic heterocycles. The summed E-state index contributed by atoms with van der Waals surface area (Å²) < 4.78 is 5.72. The molecule has 1 amide bonds. The Kier molecular flexibility index (Phi) is 6.38. The van der Waals surface area contributed by atoms with Crippen molar-refractivity contribution < 1.29 is 14.4 Å². The highest BCUT2D eigenvalue weighted by Crippen LogP contribution is 2.18. The average Bonchev–Trinajstić information content (AvgIpc) is 2.53. The van der Waals surface area contributed by atoms with E-state index in [1.54, 1.807) is 0 Å². The van der Waals surface area contributed by atoms with E-state index in [1.165, 1.54) is 5.56 Å². The second-order valence-corrected chi connectivity index (χ2v) is 6.36. The van der Waals surface area contributed by atoms with Crippen molar-refractivity contribution in [2.45, 2.75) is 20.8 Å². The lowest BCUT2D eigenvalue weighted by Crippen LogP contribution is -3.10. The predicted octanol–water partition coefficient (Wildman–Crippen LogP) is 2.14. The number of anilines is 1. The van der Waals surface area contributed by atoms with Crippen molar-refractivity contribution in [3.63, 3.8) is 0 Å². The van der Waals surface area contributed by atoms with Crippen molar-refractivity contribution >= 4 is 11.6 Å². The van der Waals surface area contributed by atoms with Crippen LogP contribution in [0.15, 0.2) is 42.5 Å². The average molecular weight is 327 g/mol. The van der Waals surface area contributed by atoms with E-state index in [4.69, 9.17) is 4.74 Å². The van der Waals surface area contributed by atoms with E-state index >= 15 is 0 Å². The fourth-order valence-corrected chi connectivity index (χ4v) is 2.54. The van der Waals surface area contributed by atoms with Gasteiger partial charge in [-0.05, 0) is 44.0 Å². The number of ether oxygens (including phenoxy) is 1. The maximum atomic E-state index is 12.2. The summed E-state index contributed by atoms with van der Waals surface area (Å²) >= 11 is 0. The molecule has 24 heavy (non-hydrogen) atoms. The predicted molar refractivity (Wildman–Crippen MR) is 97.8 cm³/mol. The molecule has 0 spiro atoms. The maximum Gasteiger partial charge on any atom is 0.279 e. The molecule has 0 saturated carbocycles. The first-order valence-electron chi connectivity index (χ1n) is 8.32. The number of likely N-dealkylation sites (N-methyl/N-ethyl adjacent to an activating group) is 1. The van der Waals surface area contributed by atoms with Crippen LogP contribution in [0.4, 0.5) is 5.69 Å². The van der Waals surface area contributed by atoms with E-state index in [1.807, 2.05) is 63.4 Å². The third-order valence-corrected chi connectivity index (χ3v) is 4.03. The number of para-hydroxylation sites is 1. The monoisotopic (exact) mass is 327 g/mol. The third kappa shape index (κ3) is 5.39. The molecule has 0 aromatic heterocycles. The SMILES string of the molecule is Cc1ccc(OCC[NH+](C)CC(=O)Nc2c(C)cccc2C)cc1. The van der Waals surface area contributed by atoms with Crippen LogP contribution in [0.5, 0.6) is 5.75 Å². The van der Waals surface area contributed by atoms with Crippen molar-refractivity contribution in [3.8, 4) is 5.75 Å². The molecule has 0 aliphatic carbocycles. The normalized spacial score (nSPS) is 11.8. The molecule has 128 valence electrons. The van der Waals surface area contributed by atoms with Crippen LogP contribution in [0.1, 0.15) is 16.7 Å². The summed E-state index contributed by atoms with van der Waals surface area (Å²) in [6, 6.07) is 14.0. The summed E-state index contributed by atoms with van der Waals surface area (Å²) in [7, 11) is 2.00. The Hall–Kier alpha value is -2.33. The van der Waals surface area contributed by atoms with Gasteiger partial charge in [-0.3, -0.25) is 4.79 Å². The lowest BCUT2D eigenvalue weighted by Gasteiger charge is -2.16. The number of carbonyl (C=O) groups excluding carboxylic acids is 1. The molecule has 0 heterocycles. The van der Waals surface area contributed by atoms with Gasteiger partial charge in [0.15, 0.2) is 6.54 Å². The number of benzene rings is 2. The van der Waals surface area contributed by atoms with Crippen LogP contribution in [0, 0.1) is 20.8 Å². The molecule has 0 aliphatic rings. The number of hydrogen-bond acceptors (Lipinski definition) is 2. The second kappa shape index (κ2) is 8.50. The molecule has 2 rings (SSSR count). The van der Waals surface area contributed by atoms with Gasteiger partial charge in [0.1, 0.15) is 18.9 Å². The van der Waals surface area contributed by atoms with Crippen molar-refractivity contribution in [1.82, 2.24) is 0 Å². The van der Waals surface area contributed by atoms with E-state index < -0.39 is 0 Å². The minimum absolute atomic E-state index is 0.0280. The minimum Gasteiger partial charge on any atom is -0.488 e. The Morgan fingerprint density at radius 1 is 1.04 bits per heavy atom. The van der Waals surface area contributed by atoms with Crippen LogP contribution in [0.2, 0.25) is 0 Å². The van der Waals surface area contributed by atoms with Crippen molar-refractivity contribution in [1.29, 1.82) is 0 Å². The molecule has 2 aromatic rings. The lowest BCUT2D eigenvalue weighted by atomic mass is 10.1. The first kappa shape index (κ1) is 18.0. The van der Waals surface area contributed by atoms with Gasteiger partial charge in [0.25, 0.3) is 5.91 Å². The number of rotatable bonds is 7. The first-order chi connectivity index (χ1) is 11.5. The summed E-state index contributed by atoms with van der Waals surface area (Å²) in [6.07, 6.45) is 0. The summed E-state index contributed by atoms with van der Waals surface area (Å²) in [5.41, 5.74) is 4.31. The molecule has 2 aromatic carbocycles. The van der Waals surface area contributed by atoms with Crippen LogP contribution in [0.3, 0.4) is 0 Å². The van der Waals surface area contributed by atoms with Crippen LogP contribution in [0.25, 0.3) is 0 Å². The van der Waals surface area contributed by atoms with Gasteiger partial charge in [-0.15, -0.1) is 0 Å². The van der Waals surface area contributed by atoms with E-state index in [0.29, 0.717) is 13.2 Å². The standard InChI is InChI=1S/C20H26N2O2/c1-15-8-10-18(11-9-15)24-13-12-22(4)14-19(23)21-20-16(2)6-5-7-17(20)3/h5-11H,12-14H2,1-4H3,(H,21,23)/p+1. The number of aryl methyl sites for hydroxylation is 3. The van der Waals surface area contributed by atoms with Gasteiger partial charge in [0.2, 0.25) is 0 Å². The summed E-state index contributed by atoms with van der Waals surface area (Å²) in [5.74, 6) is 0.897. The van der Waals surface area contributed by atoms with E-state index in [2.05, 4.69) is 12.2 Å². The van der Waals surface area contributed by atoms with E-state index in [-0.39, 0.29) is 5.91 Å². The topological polar surface area (TPSA) is 42.8 Å². The molecule has 0 radical (unpaired) electrons. The second-order valence-electron chi connectivity index (χ2n) is 6.36. The van der Waals surface area contributed by atoms with Crippen LogP contribution in [-0.2, 0) is 4.79 Å². The van der Waals surface area contributed by atoms with Crippen LogP contribution >= 0.6 is 0 Å². The molecule has 4 heteroatoms. The minimum atomic E-state index is 0.0280. The molecule has 1 unspecified atom stereocenters. The summed E-state index contributed by atoms with van der Waals surface area (Å²) in [5, 5.41) is 3.02. The number of quaternary nitrogens is 1. The Morgan fingerprint density at radius 3 is 2.29 bits per heavy atom. The van der Waals surface area contributed by atoms with Gasteiger partial charge in [0, 0.05) is 5.69 Å². The Morgan fingerprint density at radius 2 is 1.67 bits per heavy atom. The molecule has 4 nitrogen and oxygen atoms in total. The quantitative estimate of drug-likeness (QED) is 0.818. The van der Waals surface area contributed by atoms with E-state index in [9.17, 15) is 4.79 Å². The number of amides is 1. The molecular weight excluding hydrogens is 300 g/mol. The zero-order valence-corrected chi connectivity index (χ0v) is 15.0.